The third-order valence-electron chi connectivity index (χ3n) is 6.14. The van der Waals surface area contributed by atoms with E-state index in [0.29, 0.717) is 33.4 Å². The second-order valence-electron chi connectivity index (χ2n) is 8.78. The smallest absolute Gasteiger partial charge is 0.309 e. The van der Waals surface area contributed by atoms with Crippen molar-refractivity contribution >= 4 is 28.8 Å². The number of carbonyl (C=O) groups is 2. The zero-order valence-electron chi connectivity index (χ0n) is 20.3. The number of rotatable bonds is 8. The third kappa shape index (κ3) is 5.59. The van der Waals surface area contributed by atoms with Gasteiger partial charge in [0.25, 0.3) is 0 Å². The molecule has 1 aromatic heterocycles. The van der Waals surface area contributed by atoms with Gasteiger partial charge in [0.2, 0.25) is 0 Å². The van der Waals surface area contributed by atoms with E-state index in [0.717, 1.165) is 0 Å². The summed E-state index contributed by atoms with van der Waals surface area (Å²) in [4.78, 5) is 25.1. The summed E-state index contributed by atoms with van der Waals surface area (Å²) in [5.74, 6) is -1.77. The molecule has 4 rings (SSSR count). The minimum atomic E-state index is -0.730. The van der Waals surface area contributed by atoms with Gasteiger partial charge in [-0.15, -0.1) is 0 Å². The first-order chi connectivity index (χ1) is 17.7. The highest BCUT2D eigenvalue weighted by Gasteiger charge is 2.23. The van der Waals surface area contributed by atoms with E-state index in [2.05, 4.69) is 0 Å². The average molecular weight is 503 g/mol. The zero-order chi connectivity index (χ0) is 26.7. The number of esters is 1. The first-order valence-electron chi connectivity index (χ1n) is 11.5. The minimum absolute atomic E-state index is 0.0948. The van der Waals surface area contributed by atoms with E-state index in [1.54, 1.807) is 49.4 Å². The van der Waals surface area contributed by atoms with Crippen LogP contribution in [0.15, 0.2) is 65.1 Å². The first kappa shape index (κ1) is 25.4. The van der Waals surface area contributed by atoms with Crippen LogP contribution in [0.5, 0.6) is 23.0 Å². The predicted molar refractivity (Wildman–Crippen MR) is 137 cm³/mol. The molecule has 37 heavy (non-hydrogen) atoms. The van der Waals surface area contributed by atoms with Crippen LogP contribution in [0.1, 0.15) is 23.1 Å². The number of ketones is 1. The van der Waals surface area contributed by atoms with Crippen molar-refractivity contribution in [1.82, 2.24) is 0 Å². The highest BCUT2D eigenvalue weighted by atomic mass is 16.5. The minimum Gasteiger partial charge on any atom is -0.508 e. The Kier molecular flexibility index (Phi) is 7.20. The Morgan fingerprint density at radius 1 is 0.919 bits per heavy atom. The molecule has 0 unspecified atom stereocenters. The number of furan rings is 1. The average Bonchev–Trinajstić information content (AvgIpc) is 3.33. The van der Waals surface area contributed by atoms with Crippen molar-refractivity contribution in [2.75, 3.05) is 7.11 Å². The molecule has 0 bridgehead atoms. The molecule has 0 amide bonds. The van der Waals surface area contributed by atoms with Crippen LogP contribution in [0.3, 0.4) is 0 Å². The normalized spacial score (nSPS) is 12.2. The van der Waals surface area contributed by atoms with E-state index < -0.39 is 11.9 Å². The van der Waals surface area contributed by atoms with Crippen LogP contribution in [-0.2, 0) is 20.7 Å². The van der Waals surface area contributed by atoms with Crippen molar-refractivity contribution in [2.24, 2.45) is 5.92 Å². The highest BCUT2D eigenvalue weighted by molar-refractivity contribution is 6.00. The lowest BCUT2D eigenvalue weighted by Gasteiger charge is -2.14. The lowest BCUT2D eigenvalue weighted by molar-refractivity contribution is -0.146. The second kappa shape index (κ2) is 10.5. The van der Waals surface area contributed by atoms with Crippen LogP contribution < -0.4 is 0 Å². The Morgan fingerprint density at radius 3 is 2.38 bits per heavy atom. The molecule has 1 atom stereocenters. The molecule has 0 saturated carbocycles. The SMILES string of the molecule is COC(=O)[C@@H](CC(=O)/C=C/c1ccc(O)c2oc(-c3ccc(O)c(O)c3)cc12)Cc1ccc(C)c(O)c1. The maximum atomic E-state index is 12.8. The fourth-order valence-corrected chi connectivity index (χ4v) is 4.06. The molecule has 4 aromatic rings. The molecule has 0 aliphatic rings. The van der Waals surface area contributed by atoms with Gasteiger partial charge in [0.1, 0.15) is 11.5 Å². The van der Waals surface area contributed by atoms with E-state index in [1.807, 2.05) is 0 Å². The number of benzene rings is 3. The van der Waals surface area contributed by atoms with Gasteiger partial charge >= 0.3 is 5.97 Å². The van der Waals surface area contributed by atoms with Gasteiger partial charge < -0.3 is 29.6 Å². The van der Waals surface area contributed by atoms with Crippen molar-refractivity contribution in [3.63, 3.8) is 0 Å². The van der Waals surface area contributed by atoms with Gasteiger partial charge in [0, 0.05) is 17.4 Å². The number of hydrogen-bond donors (Lipinski definition) is 4. The van der Waals surface area contributed by atoms with Gasteiger partial charge in [0.05, 0.1) is 13.0 Å². The van der Waals surface area contributed by atoms with E-state index in [-0.39, 0.29) is 47.2 Å². The number of carbonyl (C=O) groups excluding carboxylic acids is 2. The lowest BCUT2D eigenvalue weighted by Crippen LogP contribution is -2.21. The van der Waals surface area contributed by atoms with Crippen LogP contribution >= 0.6 is 0 Å². The van der Waals surface area contributed by atoms with E-state index in [4.69, 9.17) is 9.15 Å². The third-order valence-corrected chi connectivity index (χ3v) is 6.14. The number of phenolic OH excluding ortho intramolecular Hbond substituents is 4. The second-order valence-corrected chi connectivity index (χ2v) is 8.78. The molecule has 0 aliphatic heterocycles. The van der Waals surface area contributed by atoms with Gasteiger partial charge in [0.15, 0.2) is 28.6 Å². The van der Waals surface area contributed by atoms with Gasteiger partial charge in [-0.2, -0.15) is 0 Å². The molecule has 0 radical (unpaired) electrons. The zero-order valence-corrected chi connectivity index (χ0v) is 20.3. The van der Waals surface area contributed by atoms with Crippen molar-refractivity contribution in [1.29, 1.82) is 0 Å². The fraction of sp³-hybridized carbons (Fsp3) is 0.172. The number of ether oxygens (including phenoxy) is 1. The van der Waals surface area contributed by atoms with Crippen LogP contribution in [0, 0.1) is 12.8 Å². The van der Waals surface area contributed by atoms with Gasteiger partial charge in [-0.05, 0) is 72.5 Å². The molecule has 0 fully saturated rings. The lowest BCUT2D eigenvalue weighted by atomic mass is 9.93. The number of hydrogen-bond acceptors (Lipinski definition) is 8. The van der Waals surface area contributed by atoms with Gasteiger partial charge in [-0.25, -0.2) is 0 Å². The summed E-state index contributed by atoms with van der Waals surface area (Å²) in [7, 11) is 1.26. The maximum Gasteiger partial charge on any atom is 0.309 e. The van der Waals surface area contributed by atoms with E-state index >= 15 is 0 Å². The molecular weight excluding hydrogens is 476 g/mol. The molecule has 0 saturated heterocycles. The van der Waals surface area contributed by atoms with Crippen molar-refractivity contribution in [3.8, 4) is 34.3 Å². The topological polar surface area (TPSA) is 137 Å². The number of aromatic hydroxyl groups is 4. The molecule has 8 nitrogen and oxygen atoms in total. The summed E-state index contributed by atoms with van der Waals surface area (Å²) in [6, 6.07) is 14.1. The van der Waals surface area contributed by atoms with E-state index in [9.17, 15) is 30.0 Å². The summed E-state index contributed by atoms with van der Waals surface area (Å²) in [5, 5.41) is 40.1. The Labute approximate surface area is 212 Å². The summed E-state index contributed by atoms with van der Waals surface area (Å²) in [6.45, 7) is 1.77. The van der Waals surface area contributed by atoms with Crippen LogP contribution in [0.2, 0.25) is 0 Å². The number of allylic oxidation sites excluding steroid dienone is 1. The van der Waals surface area contributed by atoms with Gasteiger partial charge in [-0.1, -0.05) is 24.3 Å². The molecular formula is C29H26O8. The van der Waals surface area contributed by atoms with Crippen LogP contribution in [0.25, 0.3) is 28.4 Å². The maximum absolute atomic E-state index is 12.8. The number of phenols is 4. The van der Waals surface area contributed by atoms with Gasteiger partial charge in [-0.3, -0.25) is 9.59 Å². The Balaban J connectivity index is 1.57. The van der Waals surface area contributed by atoms with E-state index in [1.165, 1.54) is 31.4 Å². The molecule has 0 spiro atoms. The molecule has 1 heterocycles. The van der Waals surface area contributed by atoms with Crippen LogP contribution in [0.4, 0.5) is 0 Å². The van der Waals surface area contributed by atoms with Crippen molar-refractivity contribution in [3.05, 3.63) is 77.4 Å². The summed E-state index contributed by atoms with van der Waals surface area (Å²) in [5.41, 5.74) is 2.70. The molecule has 3 aromatic carbocycles. The molecule has 190 valence electrons. The summed E-state index contributed by atoms with van der Waals surface area (Å²) >= 11 is 0. The molecule has 8 heteroatoms. The Bertz CT molecular complexity index is 1510. The predicted octanol–water partition coefficient (Wildman–Crippen LogP) is 5.23. The van der Waals surface area contributed by atoms with Crippen LogP contribution in [-0.4, -0.2) is 39.3 Å². The standard InChI is InChI=1S/C29H26O8/c1-16-3-4-17(12-25(16)33)11-20(29(35)36-2)13-21(30)8-5-18-6-10-24(32)28-22(18)15-27(37-28)19-7-9-23(31)26(34)14-19/h3-10,12,14-15,20,31-34H,11,13H2,1-2H3/b8-5+/t20-/m1/s1. The Hall–Kier alpha value is -4.72. The quantitative estimate of drug-likeness (QED) is 0.146. The van der Waals surface area contributed by atoms with Crippen molar-refractivity contribution < 1.29 is 39.2 Å². The summed E-state index contributed by atoms with van der Waals surface area (Å²) in [6.07, 6.45) is 3.06. The number of aryl methyl sites for hydroxylation is 1. The largest absolute Gasteiger partial charge is 0.508 e. The number of methoxy groups -OCH3 is 1. The highest BCUT2D eigenvalue weighted by Crippen LogP contribution is 2.38. The first-order valence-corrected chi connectivity index (χ1v) is 11.5. The number of fused-ring (bicyclic) bond motifs is 1. The fourth-order valence-electron chi connectivity index (χ4n) is 4.06. The Morgan fingerprint density at radius 2 is 1.68 bits per heavy atom. The summed E-state index contributed by atoms with van der Waals surface area (Å²) < 4.78 is 10.7. The van der Waals surface area contributed by atoms with Crippen molar-refractivity contribution in [2.45, 2.75) is 19.8 Å². The molecule has 0 aliphatic carbocycles. The monoisotopic (exact) mass is 502 g/mol. The molecule has 4 N–H and O–H groups in total.